The van der Waals surface area contributed by atoms with Gasteiger partial charge in [0.25, 0.3) is 0 Å². The van der Waals surface area contributed by atoms with Crippen molar-refractivity contribution in [2.75, 3.05) is 0 Å². The van der Waals surface area contributed by atoms with Crippen molar-refractivity contribution in [2.45, 2.75) is 32.9 Å². The van der Waals surface area contributed by atoms with Crippen molar-refractivity contribution in [3.8, 4) is 0 Å². The van der Waals surface area contributed by atoms with Crippen LogP contribution in [0, 0.1) is 6.92 Å². The molecule has 0 unspecified atom stereocenters. The molecule has 2 nitrogen and oxygen atoms in total. The lowest BCUT2D eigenvalue weighted by atomic mass is 10.1. The molecule has 15 heavy (non-hydrogen) atoms. The maximum atomic E-state index is 13.5. The predicted octanol–water partition coefficient (Wildman–Crippen LogP) is 3.29. The van der Waals surface area contributed by atoms with Crippen molar-refractivity contribution in [1.29, 1.82) is 0 Å². The fourth-order valence-electron chi connectivity index (χ4n) is 1.53. The minimum atomic E-state index is -1.16. The van der Waals surface area contributed by atoms with Gasteiger partial charge in [0.15, 0.2) is 0 Å². The molecule has 0 radical (unpaired) electrons. The Balaban J connectivity index is 2.44. The number of aromatic nitrogens is 2. The molecule has 4 heteroatoms. The van der Waals surface area contributed by atoms with Gasteiger partial charge in [-0.1, -0.05) is 0 Å². The fourth-order valence-corrected chi connectivity index (χ4v) is 2.78. The molecule has 0 bridgehead atoms. The quantitative estimate of drug-likeness (QED) is 0.782. The third-order valence-corrected chi connectivity index (χ3v) is 3.22. The Labute approximate surface area is 92.2 Å². The van der Waals surface area contributed by atoms with Crippen LogP contribution in [-0.2, 0) is 6.42 Å². The molecule has 2 aromatic rings. The van der Waals surface area contributed by atoms with Gasteiger partial charge in [-0.25, -0.2) is 14.4 Å². The summed E-state index contributed by atoms with van der Waals surface area (Å²) in [5, 5.41) is 1.04. The zero-order chi connectivity index (χ0) is 11.1. The third kappa shape index (κ3) is 2.31. The SMILES string of the molecule is Cc1ncnc2sc(CC(C)(C)F)cc12. The molecule has 0 aromatic carbocycles. The van der Waals surface area contributed by atoms with Gasteiger partial charge in [-0.05, 0) is 26.8 Å². The molecule has 0 aliphatic rings. The van der Waals surface area contributed by atoms with Gasteiger partial charge in [0.05, 0.1) is 0 Å². The summed E-state index contributed by atoms with van der Waals surface area (Å²) in [6.07, 6.45) is 1.99. The van der Waals surface area contributed by atoms with E-state index in [2.05, 4.69) is 9.97 Å². The van der Waals surface area contributed by atoms with Crippen molar-refractivity contribution in [1.82, 2.24) is 9.97 Å². The summed E-state index contributed by atoms with van der Waals surface area (Å²) < 4.78 is 13.5. The first-order chi connectivity index (χ1) is 6.96. The molecule has 80 valence electrons. The highest BCUT2D eigenvalue weighted by Crippen LogP contribution is 2.28. The molecule has 0 spiro atoms. The van der Waals surface area contributed by atoms with E-state index in [1.807, 2.05) is 13.0 Å². The van der Waals surface area contributed by atoms with Gasteiger partial charge in [-0.3, -0.25) is 0 Å². The summed E-state index contributed by atoms with van der Waals surface area (Å²) in [6.45, 7) is 5.13. The first-order valence-corrected chi connectivity index (χ1v) is 5.66. The maximum Gasteiger partial charge on any atom is 0.127 e. The molecule has 2 rings (SSSR count). The highest BCUT2D eigenvalue weighted by molar-refractivity contribution is 7.18. The van der Waals surface area contributed by atoms with Crippen LogP contribution in [0.2, 0.25) is 0 Å². The minimum Gasteiger partial charge on any atom is -0.244 e. The zero-order valence-corrected chi connectivity index (χ0v) is 9.86. The summed E-state index contributed by atoms with van der Waals surface area (Å²) in [6, 6.07) is 2.00. The monoisotopic (exact) mass is 224 g/mol. The van der Waals surface area contributed by atoms with Gasteiger partial charge >= 0.3 is 0 Å². The van der Waals surface area contributed by atoms with Crippen LogP contribution in [0.25, 0.3) is 10.2 Å². The number of nitrogens with zero attached hydrogens (tertiary/aromatic N) is 2. The van der Waals surface area contributed by atoms with E-state index in [0.29, 0.717) is 6.42 Å². The Kier molecular flexibility index (Phi) is 2.46. The smallest absolute Gasteiger partial charge is 0.127 e. The van der Waals surface area contributed by atoms with Crippen LogP contribution >= 0.6 is 11.3 Å². The normalized spacial score (nSPS) is 12.3. The van der Waals surface area contributed by atoms with Crippen molar-refractivity contribution >= 4 is 21.6 Å². The van der Waals surface area contributed by atoms with E-state index in [9.17, 15) is 4.39 Å². The second-order valence-electron chi connectivity index (χ2n) is 4.29. The topological polar surface area (TPSA) is 25.8 Å². The number of rotatable bonds is 2. The van der Waals surface area contributed by atoms with Gasteiger partial charge in [0, 0.05) is 22.4 Å². The largest absolute Gasteiger partial charge is 0.244 e. The number of halogens is 1. The Morgan fingerprint density at radius 1 is 1.40 bits per heavy atom. The second-order valence-corrected chi connectivity index (χ2v) is 5.40. The fraction of sp³-hybridized carbons (Fsp3) is 0.455. The molecule has 2 aromatic heterocycles. The summed E-state index contributed by atoms with van der Waals surface area (Å²) in [4.78, 5) is 10.3. The van der Waals surface area contributed by atoms with Crippen LogP contribution in [0.5, 0.6) is 0 Å². The van der Waals surface area contributed by atoms with Crippen LogP contribution in [0.1, 0.15) is 24.4 Å². The molecule has 0 amide bonds. The number of thiophene rings is 1. The lowest BCUT2D eigenvalue weighted by molar-refractivity contribution is 0.218. The number of alkyl halides is 1. The summed E-state index contributed by atoms with van der Waals surface area (Å²) in [5.41, 5.74) is -0.207. The lowest BCUT2D eigenvalue weighted by Gasteiger charge is -2.11. The summed E-state index contributed by atoms with van der Waals surface area (Å²) in [5.74, 6) is 0. The third-order valence-electron chi connectivity index (χ3n) is 2.17. The van der Waals surface area contributed by atoms with E-state index in [1.54, 1.807) is 31.5 Å². The lowest BCUT2D eigenvalue weighted by Crippen LogP contribution is -2.14. The van der Waals surface area contributed by atoms with Gasteiger partial charge in [-0.2, -0.15) is 0 Å². The van der Waals surface area contributed by atoms with Crippen molar-refractivity contribution in [3.05, 3.63) is 23.0 Å². The van der Waals surface area contributed by atoms with Crippen molar-refractivity contribution in [3.63, 3.8) is 0 Å². The van der Waals surface area contributed by atoms with Crippen molar-refractivity contribution < 1.29 is 4.39 Å². The highest BCUT2D eigenvalue weighted by atomic mass is 32.1. The zero-order valence-electron chi connectivity index (χ0n) is 9.04. The van der Waals surface area contributed by atoms with E-state index in [4.69, 9.17) is 0 Å². The molecule has 0 saturated heterocycles. The standard InChI is InChI=1S/C11H13FN2S/c1-7-9-4-8(5-11(2,3)12)15-10(9)14-6-13-7/h4,6H,5H2,1-3H3. The average molecular weight is 224 g/mol. The van der Waals surface area contributed by atoms with E-state index < -0.39 is 5.67 Å². The predicted molar refractivity (Wildman–Crippen MR) is 61.0 cm³/mol. The number of fused-ring (bicyclic) bond motifs is 1. The van der Waals surface area contributed by atoms with Gasteiger partial charge in [0.2, 0.25) is 0 Å². The van der Waals surface area contributed by atoms with Gasteiger partial charge in [-0.15, -0.1) is 11.3 Å². The second kappa shape index (κ2) is 3.52. The maximum absolute atomic E-state index is 13.5. The summed E-state index contributed by atoms with van der Waals surface area (Å²) >= 11 is 1.55. The molecular formula is C11H13FN2S. The van der Waals surface area contributed by atoms with Crippen LogP contribution in [0.4, 0.5) is 4.39 Å². The molecule has 2 heterocycles. The van der Waals surface area contributed by atoms with Gasteiger partial charge in [0.1, 0.15) is 16.8 Å². The van der Waals surface area contributed by atoms with E-state index >= 15 is 0 Å². The Hall–Kier alpha value is -1.03. The number of aryl methyl sites for hydroxylation is 1. The Morgan fingerprint density at radius 2 is 2.13 bits per heavy atom. The van der Waals surface area contributed by atoms with Crippen molar-refractivity contribution in [2.24, 2.45) is 0 Å². The van der Waals surface area contributed by atoms with Crippen LogP contribution < -0.4 is 0 Å². The Morgan fingerprint density at radius 3 is 2.73 bits per heavy atom. The van der Waals surface area contributed by atoms with E-state index in [0.717, 1.165) is 20.8 Å². The average Bonchev–Trinajstić information content (AvgIpc) is 2.45. The number of hydrogen-bond acceptors (Lipinski definition) is 3. The summed E-state index contributed by atoms with van der Waals surface area (Å²) in [7, 11) is 0. The molecular weight excluding hydrogens is 211 g/mol. The van der Waals surface area contributed by atoms with E-state index in [-0.39, 0.29) is 0 Å². The number of hydrogen-bond donors (Lipinski definition) is 0. The van der Waals surface area contributed by atoms with Crippen LogP contribution in [0.3, 0.4) is 0 Å². The van der Waals surface area contributed by atoms with Crippen LogP contribution in [-0.4, -0.2) is 15.6 Å². The molecule has 0 aliphatic carbocycles. The molecule has 0 atom stereocenters. The highest BCUT2D eigenvalue weighted by Gasteiger charge is 2.18. The molecule has 0 saturated carbocycles. The first-order valence-electron chi connectivity index (χ1n) is 4.85. The minimum absolute atomic E-state index is 0.438. The Bertz CT molecular complexity index is 485. The van der Waals surface area contributed by atoms with E-state index in [1.165, 1.54) is 0 Å². The van der Waals surface area contributed by atoms with Gasteiger partial charge < -0.3 is 0 Å². The molecule has 0 aliphatic heterocycles. The van der Waals surface area contributed by atoms with Crippen LogP contribution in [0.15, 0.2) is 12.4 Å². The molecule has 0 fully saturated rings. The molecule has 0 N–H and O–H groups in total. The first kappa shape index (κ1) is 10.5.